The number of hydrogen-bond donors (Lipinski definition) is 1. The molecule has 0 aromatic heterocycles. The first-order valence-corrected chi connectivity index (χ1v) is 10.5. The molecule has 1 N–H and O–H groups in total. The molecule has 1 heterocycles. The zero-order chi connectivity index (χ0) is 21.8. The van der Waals surface area contributed by atoms with Crippen molar-refractivity contribution in [2.24, 2.45) is 10.9 Å². The molecule has 1 fully saturated rings. The summed E-state index contributed by atoms with van der Waals surface area (Å²) in [6, 6.07) is 11.6. The standard InChI is InChI=1S/C22H21ClN2O4S/c1-13(2)12-29-18-8-7-16(23)9-15(18)11-19-20(26)25(3)22(30-19)24-17-6-4-5-14(10-17)21(27)28/h4-11,13H,12H2,1-3H3,(H,27,28)/b19-11+,24-22?. The van der Waals surface area contributed by atoms with Gasteiger partial charge in [-0.2, -0.15) is 0 Å². The van der Waals surface area contributed by atoms with Crippen molar-refractivity contribution in [2.75, 3.05) is 13.7 Å². The number of ether oxygens (including phenoxy) is 1. The maximum absolute atomic E-state index is 12.7. The number of carboxylic acids is 1. The average Bonchev–Trinajstić information content (AvgIpc) is 2.95. The molecule has 0 spiro atoms. The van der Waals surface area contributed by atoms with Crippen molar-refractivity contribution in [3.8, 4) is 5.75 Å². The van der Waals surface area contributed by atoms with Crippen LogP contribution in [-0.4, -0.2) is 40.7 Å². The number of nitrogens with zero attached hydrogens (tertiary/aromatic N) is 2. The fraction of sp³-hybridized carbons (Fsp3) is 0.227. The first-order valence-electron chi connectivity index (χ1n) is 9.26. The molecule has 6 nitrogen and oxygen atoms in total. The fourth-order valence-corrected chi connectivity index (χ4v) is 3.79. The van der Waals surface area contributed by atoms with Crippen LogP contribution in [0.25, 0.3) is 6.08 Å². The van der Waals surface area contributed by atoms with Gasteiger partial charge in [-0.3, -0.25) is 9.69 Å². The molecule has 0 radical (unpaired) electrons. The molecular formula is C22H21ClN2O4S. The van der Waals surface area contributed by atoms with Crippen LogP contribution in [0.2, 0.25) is 5.02 Å². The van der Waals surface area contributed by atoms with E-state index in [9.17, 15) is 9.59 Å². The maximum atomic E-state index is 12.7. The Morgan fingerprint density at radius 2 is 2.07 bits per heavy atom. The van der Waals surface area contributed by atoms with Crippen LogP contribution < -0.4 is 4.74 Å². The molecule has 2 aromatic rings. The molecule has 0 saturated carbocycles. The number of hydrogen-bond acceptors (Lipinski definition) is 5. The molecular weight excluding hydrogens is 424 g/mol. The van der Waals surface area contributed by atoms with E-state index in [0.29, 0.717) is 44.6 Å². The monoisotopic (exact) mass is 444 g/mol. The molecule has 1 aliphatic heterocycles. The third kappa shape index (κ3) is 5.23. The van der Waals surface area contributed by atoms with E-state index in [1.54, 1.807) is 43.5 Å². The number of carbonyl (C=O) groups is 2. The largest absolute Gasteiger partial charge is 0.493 e. The van der Waals surface area contributed by atoms with Crippen molar-refractivity contribution < 1.29 is 19.4 Å². The van der Waals surface area contributed by atoms with E-state index in [1.807, 2.05) is 0 Å². The minimum atomic E-state index is -1.03. The van der Waals surface area contributed by atoms with Gasteiger partial charge in [0.15, 0.2) is 5.17 Å². The fourth-order valence-electron chi connectivity index (χ4n) is 2.63. The summed E-state index contributed by atoms with van der Waals surface area (Å²) in [7, 11) is 1.63. The van der Waals surface area contributed by atoms with Gasteiger partial charge in [0.1, 0.15) is 5.75 Å². The van der Waals surface area contributed by atoms with Crippen molar-refractivity contribution in [3.05, 3.63) is 63.5 Å². The summed E-state index contributed by atoms with van der Waals surface area (Å²) in [6.45, 7) is 4.66. The number of rotatable bonds is 6. The van der Waals surface area contributed by atoms with E-state index in [4.69, 9.17) is 21.4 Å². The van der Waals surface area contributed by atoms with E-state index >= 15 is 0 Å². The van der Waals surface area contributed by atoms with Gasteiger partial charge in [0, 0.05) is 17.6 Å². The number of amides is 1. The normalized spacial score (nSPS) is 16.7. The molecule has 1 aliphatic rings. The second kappa shape index (κ2) is 9.36. The Bertz CT molecular complexity index is 1050. The van der Waals surface area contributed by atoms with Gasteiger partial charge in [0.2, 0.25) is 0 Å². The van der Waals surface area contributed by atoms with Gasteiger partial charge in [-0.1, -0.05) is 31.5 Å². The molecule has 3 rings (SSSR count). The Hall–Kier alpha value is -2.77. The predicted molar refractivity (Wildman–Crippen MR) is 121 cm³/mol. The van der Waals surface area contributed by atoms with Crippen LogP contribution in [-0.2, 0) is 4.79 Å². The molecule has 8 heteroatoms. The lowest BCUT2D eigenvalue weighted by molar-refractivity contribution is -0.121. The smallest absolute Gasteiger partial charge is 0.335 e. The molecule has 0 bridgehead atoms. The van der Waals surface area contributed by atoms with E-state index in [0.717, 1.165) is 0 Å². The summed E-state index contributed by atoms with van der Waals surface area (Å²) in [5.41, 5.74) is 1.30. The number of aliphatic imine (C=N–C) groups is 1. The van der Waals surface area contributed by atoms with Gasteiger partial charge in [-0.05, 0) is 60.2 Å². The SMILES string of the molecule is CC(C)COc1ccc(Cl)cc1/C=C1/SC(=Nc2cccc(C(=O)O)c2)N(C)C1=O. The van der Waals surface area contributed by atoms with Gasteiger partial charge in [-0.15, -0.1) is 0 Å². The maximum Gasteiger partial charge on any atom is 0.335 e. The number of thioether (sulfide) groups is 1. The van der Waals surface area contributed by atoms with Crippen LogP contribution >= 0.6 is 23.4 Å². The summed E-state index contributed by atoms with van der Waals surface area (Å²) in [5, 5.41) is 10.1. The second-order valence-electron chi connectivity index (χ2n) is 7.11. The van der Waals surface area contributed by atoms with Crippen LogP contribution in [0.3, 0.4) is 0 Å². The molecule has 0 aliphatic carbocycles. The van der Waals surface area contributed by atoms with Gasteiger partial charge in [0.05, 0.1) is 22.8 Å². The molecule has 0 atom stereocenters. The Morgan fingerprint density at radius 1 is 1.30 bits per heavy atom. The Balaban J connectivity index is 1.91. The molecule has 1 amide bonds. The van der Waals surface area contributed by atoms with Crippen LogP contribution in [0, 0.1) is 5.92 Å². The number of aromatic carboxylic acids is 1. The van der Waals surface area contributed by atoms with E-state index in [2.05, 4.69) is 18.8 Å². The number of likely N-dealkylation sites (N-methyl/N-ethyl adjacent to an activating group) is 1. The molecule has 30 heavy (non-hydrogen) atoms. The highest BCUT2D eigenvalue weighted by molar-refractivity contribution is 8.18. The number of amidine groups is 1. The van der Waals surface area contributed by atoms with Gasteiger partial charge in [0.25, 0.3) is 5.91 Å². The summed E-state index contributed by atoms with van der Waals surface area (Å²) in [6.07, 6.45) is 1.74. The lowest BCUT2D eigenvalue weighted by atomic mass is 10.1. The molecule has 1 saturated heterocycles. The molecule has 156 valence electrons. The highest BCUT2D eigenvalue weighted by atomic mass is 35.5. The van der Waals surface area contributed by atoms with Crippen LogP contribution in [0.1, 0.15) is 29.8 Å². The van der Waals surface area contributed by atoms with Gasteiger partial charge in [-0.25, -0.2) is 9.79 Å². The third-order valence-corrected chi connectivity index (χ3v) is 5.45. The number of carbonyl (C=O) groups excluding carboxylic acids is 1. The van der Waals surface area contributed by atoms with Crippen LogP contribution in [0.5, 0.6) is 5.75 Å². The summed E-state index contributed by atoms with van der Waals surface area (Å²) >= 11 is 7.36. The third-order valence-electron chi connectivity index (χ3n) is 4.15. The van der Waals surface area contributed by atoms with Crippen molar-refractivity contribution in [3.63, 3.8) is 0 Å². The predicted octanol–water partition coefficient (Wildman–Crippen LogP) is 5.31. The van der Waals surface area contributed by atoms with Gasteiger partial charge < -0.3 is 9.84 Å². The van der Waals surface area contributed by atoms with Crippen LogP contribution in [0.15, 0.2) is 52.4 Å². The van der Waals surface area contributed by atoms with Crippen molar-refractivity contribution in [1.82, 2.24) is 4.90 Å². The minimum absolute atomic E-state index is 0.135. The molecule has 2 aromatic carbocycles. The van der Waals surface area contributed by atoms with E-state index in [-0.39, 0.29) is 11.5 Å². The zero-order valence-corrected chi connectivity index (χ0v) is 18.3. The lowest BCUT2D eigenvalue weighted by Gasteiger charge is -2.12. The topological polar surface area (TPSA) is 79.2 Å². The first-order chi connectivity index (χ1) is 14.2. The Labute approximate surface area is 184 Å². The zero-order valence-electron chi connectivity index (χ0n) is 16.8. The highest BCUT2D eigenvalue weighted by Gasteiger charge is 2.30. The quantitative estimate of drug-likeness (QED) is 0.611. The number of benzene rings is 2. The molecule has 0 unspecified atom stereocenters. The number of halogens is 1. The van der Waals surface area contributed by atoms with Gasteiger partial charge >= 0.3 is 5.97 Å². The van der Waals surface area contributed by atoms with Crippen molar-refractivity contribution >= 4 is 52.2 Å². The minimum Gasteiger partial charge on any atom is -0.493 e. The van der Waals surface area contributed by atoms with Crippen molar-refractivity contribution in [2.45, 2.75) is 13.8 Å². The average molecular weight is 445 g/mol. The lowest BCUT2D eigenvalue weighted by Crippen LogP contribution is -2.23. The Kier molecular flexibility index (Phi) is 6.84. The Morgan fingerprint density at radius 3 is 2.77 bits per heavy atom. The van der Waals surface area contributed by atoms with Crippen molar-refractivity contribution in [1.29, 1.82) is 0 Å². The summed E-state index contributed by atoms with van der Waals surface area (Å²) in [4.78, 5) is 30.3. The first kappa shape index (κ1) is 21.9. The van der Waals surface area contributed by atoms with Crippen LogP contribution in [0.4, 0.5) is 5.69 Å². The second-order valence-corrected chi connectivity index (χ2v) is 8.56. The summed E-state index contributed by atoms with van der Waals surface area (Å²) < 4.78 is 5.86. The highest BCUT2D eigenvalue weighted by Crippen LogP contribution is 2.35. The number of carboxylic acid groups (broad SMARTS) is 1. The van der Waals surface area contributed by atoms with E-state index < -0.39 is 5.97 Å². The van der Waals surface area contributed by atoms with E-state index in [1.165, 1.54) is 28.8 Å². The summed E-state index contributed by atoms with van der Waals surface area (Å²) in [5.74, 6) is -0.231.